The van der Waals surface area contributed by atoms with Crippen LogP contribution in [0.2, 0.25) is 5.02 Å². The van der Waals surface area contributed by atoms with Crippen molar-refractivity contribution in [1.82, 2.24) is 9.38 Å². The minimum Gasteiger partial charge on any atom is -0.365 e. The maximum atomic E-state index is 13.8. The fourth-order valence-electron chi connectivity index (χ4n) is 2.00. The number of halogens is 2. The van der Waals surface area contributed by atoms with E-state index in [1.165, 1.54) is 12.1 Å². The number of hydrogen-bond donors (Lipinski definition) is 2. The Bertz CT molecular complexity index is 846. The Kier molecular flexibility index (Phi) is 3.23. The van der Waals surface area contributed by atoms with Crippen LogP contribution < -0.4 is 11.1 Å². The summed E-state index contributed by atoms with van der Waals surface area (Å²) in [6.45, 7) is 0. The van der Waals surface area contributed by atoms with Crippen LogP contribution in [0.1, 0.15) is 10.4 Å². The third-order valence-corrected chi connectivity index (χ3v) is 3.23. The van der Waals surface area contributed by atoms with E-state index in [1.807, 2.05) is 0 Å². The highest BCUT2D eigenvalue weighted by Crippen LogP contribution is 2.26. The number of carbonyl (C=O) groups excluding carboxylic acids is 1. The van der Waals surface area contributed by atoms with Crippen molar-refractivity contribution in [2.75, 3.05) is 5.32 Å². The maximum Gasteiger partial charge on any atom is 0.252 e. The first-order valence-electron chi connectivity index (χ1n) is 6.03. The average Bonchev–Trinajstić information content (AvgIpc) is 2.88. The third kappa shape index (κ3) is 2.53. The van der Waals surface area contributed by atoms with Crippen molar-refractivity contribution in [2.24, 2.45) is 5.73 Å². The summed E-state index contributed by atoms with van der Waals surface area (Å²) >= 11 is 5.71. The summed E-state index contributed by atoms with van der Waals surface area (Å²) in [5.74, 6) is -1.15. The van der Waals surface area contributed by atoms with Crippen molar-refractivity contribution >= 4 is 34.5 Å². The Morgan fingerprint density at radius 2 is 2.14 bits per heavy atom. The summed E-state index contributed by atoms with van der Waals surface area (Å²) in [4.78, 5) is 15.7. The molecule has 3 N–H and O–H groups in total. The predicted octanol–water partition coefficient (Wildman–Crippen LogP) is 2.97. The molecule has 0 atom stereocenters. The number of imidazole rings is 1. The molecule has 0 saturated carbocycles. The van der Waals surface area contributed by atoms with Crippen LogP contribution in [0.5, 0.6) is 0 Å². The molecule has 0 aliphatic carbocycles. The van der Waals surface area contributed by atoms with Crippen molar-refractivity contribution < 1.29 is 9.18 Å². The summed E-state index contributed by atoms with van der Waals surface area (Å²) in [5.41, 5.74) is 6.77. The molecule has 0 unspecified atom stereocenters. The second kappa shape index (κ2) is 5.06. The molecule has 0 radical (unpaired) electrons. The Balaban J connectivity index is 2.09. The average molecular weight is 305 g/mol. The van der Waals surface area contributed by atoms with Crippen LogP contribution in [0.15, 0.2) is 42.9 Å². The van der Waals surface area contributed by atoms with E-state index >= 15 is 0 Å². The fourth-order valence-corrected chi connectivity index (χ4v) is 2.16. The van der Waals surface area contributed by atoms with Crippen molar-refractivity contribution in [2.45, 2.75) is 0 Å². The first-order chi connectivity index (χ1) is 10.0. The lowest BCUT2D eigenvalue weighted by molar-refractivity contribution is 0.100. The maximum absolute atomic E-state index is 13.8. The highest BCUT2D eigenvalue weighted by molar-refractivity contribution is 6.30. The molecule has 3 rings (SSSR count). The van der Waals surface area contributed by atoms with Crippen LogP contribution in [0.4, 0.5) is 15.8 Å². The van der Waals surface area contributed by atoms with Crippen molar-refractivity contribution in [3.8, 4) is 0 Å². The summed E-state index contributed by atoms with van der Waals surface area (Å²) in [6.07, 6.45) is 4.82. The quantitative estimate of drug-likeness (QED) is 0.781. The van der Waals surface area contributed by atoms with Crippen molar-refractivity contribution in [1.29, 1.82) is 0 Å². The van der Waals surface area contributed by atoms with Gasteiger partial charge in [0, 0.05) is 29.7 Å². The van der Waals surface area contributed by atoms with Crippen LogP contribution in [0.3, 0.4) is 0 Å². The van der Waals surface area contributed by atoms with Gasteiger partial charge in [-0.1, -0.05) is 11.6 Å². The number of fused-ring (bicyclic) bond motifs is 1. The van der Waals surface area contributed by atoms with Crippen LogP contribution in [-0.4, -0.2) is 15.3 Å². The number of carbonyl (C=O) groups is 1. The molecule has 0 aliphatic rings. The van der Waals surface area contributed by atoms with E-state index in [-0.39, 0.29) is 16.3 Å². The standard InChI is InChI=1S/C14H10ClFN4O/c15-8-1-2-11(10(16)5-8)19-12-6-13-18-3-4-20(13)7-9(12)14(17)21/h1-7,19H,(H2,17,21). The number of nitrogens with zero attached hydrogens (tertiary/aromatic N) is 2. The first-order valence-corrected chi connectivity index (χ1v) is 6.41. The van der Waals surface area contributed by atoms with E-state index in [1.54, 1.807) is 35.1 Å². The molecule has 1 aromatic carbocycles. The fraction of sp³-hybridized carbons (Fsp3) is 0. The van der Waals surface area contributed by atoms with Gasteiger partial charge in [-0.2, -0.15) is 0 Å². The SMILES string of the molecule is NC(=O)c1cn2ccnc2cc1Nc1ccc(Cl)cc1F. The van der Waals surface area contributed by atoms with Crippen LogP contribution >= 0.6 is 11.6 Å². The Morgan fingerprint density at radius 1 is 1.33 bits per heavy atom. The van der Waals surface area contributed by atoms with E-state index < -0.39 is 11.7 Å². The molecule has 0 bridgehead atoms. The second-order valence-electron chi connectivity index (χ2n) is 4.41. The van der Waals surface area contributed by atoms with E-state index in [9.17, 15) is 9.18 Å². The zero-order chi connectivity index (χ0) is 15.0. The number of amides is 1. The molecule has 3 aromatic rings. The second-order valence-corrected chi connectivity index (χ2v) is 4.84. The van der Waals surface area contributed by atoms with Gasteiger partial charge in [0.2, 0.25) is 0 Å². The van der Waals surface area contributed by atoms with Gasteiger partial charge in [-0.25, -0.2) is 9.37 Å². The molecule has 0 fully saturated rings. The number of rotatable bonds is 3. The van der Waals surface area contributed by atoms with E-state index in [0.717, 1.165) is 0 Å². The molecule has 106 valence electrons. The third-order valence-electron chi connectivity index (χ3n) is 3.00. The molecule has 7 heteroatoms. The van der Waals surface area contributed by atoms with E-state index in [2.05, 4.69) is 10.3 Å². The number of benzene rings is 1. The first kappa shape index (κ1) is 13.4. The van der Waals surface area contributed by atoms with Crippen LogP contribution in [0.25, 0.3) is 5.65 Å². The minimum atomic E-state index is -0.623. The lowest BCUT2D eigenvalue weighted by Crippen LogP contribution is -2.14. The van der Waals surface area contributed by atoms with Gasteiger partial charge in [-0.3, -0.25) is 4.79 Å². The number of nitrogens with two attached hydrogens (primary N) is 1. The number of hydrogen-bond acceptors (Lipinski definition) is 3. The van der Waals surface area contributed by atoms with Gasteiger partial charge in [0.1, 0.15) is 11.5 Å². The zero-order valence-corrected chi connectivity index (χ0v) is 11.4. The zero-order valence-electron chi connectivity index (χ0n) is 10.7. The largest absolute Gasteiger partial charge is 0.365 e. The highest BCUT2D eigenvalue weighted by Gasteiger charge is 2.13. The number of aromatic nitrogens is 2. The predicted molar refractivity (Wildman–Crippen MR) is 78.4 cm³/mol. The number of nitrogens with one attached hydrogen (secondary N) is 1. The molecule has 0 aliphatic heterocycles. The molecule has 0 saturated heterocycles. The summed E-state index contributed by atoms with van der Waals surface area (Å²) in [5, 5.41) is 3.13. The minimum absolute atomic E-state index is 0.192. The monoisotopic (exact) mass is 304 g/mol. The van der Waals surface area contributed by atoms with Crippen molar-refractivity contribution in [3.63, 3.8) is 0 Å². The molecule has 2 heterocycles. The Morgan fingerprint density at radius 3 is 2.86 bits per heavy atom. The van der Waals surface area contributed by atoms with Gasteiger partial charge in [0.25, 0.3) is 5.91 Å². The smallest absolute Gasteiger partial charge is 0.252 e. The van der Waals surface area contributed by atoms with Gasteiger partial charge in [-0.05, 0) is 18.2 Å². The molecule has 0 spiro atoms. The van der Waals surface area contributed by atoms with Gasteiger partial charge < -0.3 is 15.5 Å². The van der Waals surface area contributed by atoms with Gasteiger partial charge >= 0.3 is 0 Å². The van der Waals surface area contributed by atoms with Gasteiger partial charge in [0.05, 0.1) is 16.9 Å². The summed E-state index contributed by atoms with van der Waals surface area (Å²) in [6, 6.07) is 5.83. The molecule has 2 aromatic heterocycles. The van der Waals surface area contributed by atoms with Crippen LogP contribution in [0, 0.1) is 5.82 Å². The molecule has 1 amide bonds. The molecule has 5 nitrogen and oxygen atoms in total. The van der Waals surface area contributed by atoms with Crippen LogP contribution in [-0.2, 0) is 0 Å². The number of primary amides is 1. The number of anilines is 2. The topological polar surface area (TPSA) is 72.4 Å². The number of pyridine rings is 1. The lowest BCUT2D eigenvalue weighted by atomic mass is 10.2. The van der Waals surface area contributed by atoms with E-state index in [0.29, 0.717) is 11.3 Å². The van der Waals surface area contributed by atoms with E-state index in [4.69, 9.17) is 17.3 Å². The molecular formula is C14H10ClFN4O. The Hall–Kier alpha value is -2.60. The highest BCUT2D eigenvalue weighted by atomic mass is 35.5. The molecule has 21 heavy (non-hydrogen) atoms. The van der Waals surface area contributed by atoms with Gasteiger partial charge in [-0.15, -0.1) is 0 Å². The molecular weight excluding hydrogens is 295 g/mol. The van der Waals surface area contributed by atoms with Gasteiger partial charge in [0.15, 0.2) is 0 Å². The Labute approximate surface area is 124 Å². The normalized spacial score (nSPS) is 10.8. The van der Waals surface area contributed by atoms with Crippen molar-refractivity contribution in [3.05, 3.63) is 59.3 Å². The lowest BCUT2D eigenvalue weighted by Gasteiger charge is -2.11. The summed E-state index contributed by atoms with van der Waals surface area (Å²) < 4.78 is 15.5. The summed E-state index contributed by atoms with van der Waals surface area (Å²) in [7, 11) is 0.